The van der Waals surface area contributed by atoms with E-state index in [0.717, 1.165) is 32.4 Å². The monoisotopic (exact) mass is 668 g/mol. The van der Waals surface area contributed by atoms with Crippen molar-refractivity contribution in [1.82, 2.24) is 9.88 Å². The van der Waals surface area contributed by atoms with Gasteiger partial charge in [-0.3, -0.25) is 0 Å². The lowest BCUT2D eigenvalue weighted by Crippen LogP contribution is -2.12. The van der Waals surface area contributed by atoms with E-state index in [4.69, 9.17) is 0 Å². The molecule has 1 N–H and O–H groups in total. The molecule has 1 heterocycles. The molecule has 0 aliphatic heterocycles. The van der Waals surface area contributed by atoms with Crippen molar-refractivity contribution in [3.63, 3.8) is 0 Å². The van der Waals surface area contributed by atoms with Crippen molar-refractivity contribution in [2.45, 2.75) is 68.8 Å². The number of nitrogens with zero attached hydrogens (tertiary/aromatic N) is 1. The third kappa shape index (κ3) is 6.56. The molecule has 1 aromatic heterocycles. The van der Waals surface area contributed by atoms with Gasteiger partial charge in [0.25, 0.3) is 0 Å². The summed E-state index contributed by atoms with van der Waals surface area (Å²) in [6, 6.07) is 47.1. The Morgan fingerprint density at radius 1 is 0.720 bits per heavy atom. The van der Waals surface area contributed by atoms with Gasteiger partial charge in [-0.25, -0.2) is 0 Å². The van der Waals surface area contributed by atoms with Crippen molar-refractivity contribution >= 4 is 39.5 Å². The lowest BCUT2D eigenvalue weighted by atomic mass is 9.99. The maximum absolute atomic E-state index is 3.61. The molecule has 2 nitrogen and oxygen atoms in total. The number of allylic oxidation sites excluding steroid dienone is 1. The standard InChI is InChI=1S/C47H44N2S/c1-3-4-16-37-24-27-43-42-20-10-11-21-44(42)49(46(43)47(37)50-45-30-40-18-9-8-17-38(40)28-33(45)2)41-25-22-36(23-26-41)39-19-12-15-35(29-39)32-48-31-34-13-6-5-7-14-34/h5-9,11-15,17-19,21-30,48H,3-4,10,16,20,31-32H2,1-2H3. The molecule has 0 saturated heterocycles. The van der Waals surface area contributed by atoms with Gasteiger partial charge in [0.15, 0.2) is 0 Å². The fourth-order valence-corrected chi connectivity index (χ4v) is 8.67. The Kier molecular flexibility index (Phi) is 9.43. The normalized spacial score (nSPS) is 12.5. The van der Waals surface area contributed by atoms with E-state index in [2.05, 4.69) is 163 Å². The van der Waals surface area contributed by atoms with Crippen molar-refractivity contribution < 1.29 is 0 Å². The summed E-state index contributed by atoms with van der Waals surface area (Å²) in [5.74, 6) is 0. The van der Waals surface area contributed by atoms with Gasteiger partial charge in [0.1, 0.15) is 0 Å². The number of aromatic nitrogens is 1. The second-order valence-electron chi connectivity index (χ2n) is 13.6. The molecule has 3 heteroatoms. The van der Waals surface area contributed by atoms with Gasteiger partial charge in [-0.05, 0) is 113 Å². The molecule has 0 atom stereocenters. The summed E-state index contributed by atoms with van der Waals surface area (Å²) in [5.41, 5.74) is 13.2. The average Bonchev–Trinajstić information content (AvgIpc) is 3.50. The van der Waals surface area contributed by atoms with E-state index in [0.29, 0.717) is 0 Å². The Morgan fingerprint density at radius 3 is 2.30 bits per heavy atom. The molecule has 0 spiro atoms. The molecule has 50 heavy (non-hydrogen) atoms. The summed E-state index contributed by atoms with van der Waals surface area (Å²) < 4.78 is 2.56. The Morgan fingerprint density at radius 2 is 1.48 bits per heavy atom. The number of fused-ring (bicyclic) bond motifs is 4. The largest absolute Gasteiger partial charge is 0.309 e. The Labute approximate surface area is 300 Å². The highest BCUT2D eigenvalue weighted by Crippen LogP contribution is 2.44. The van der Waals surface area contributed by atoms with E-state index in [-0.39, 0.29) is 0 Å². The van der Waals surface area contributed by atoms with E-state index in [1.54, 1.807) is 0 Å². The first-order chi connectivity index (χ1) is 24.7. The van der Waals surface area contributed by atoms with Gasteiger partial charge in [-0.15, -0.1) is 0 Å². The summed E-state index contributed by atoms with van der Waals surface area (Å²) >= 11 is 1.96. The van der Waals surface area contributed by atoms with Crippen LogP contribution in [0.3, 0.4) is 0 Å². The Balaban J connectivity index is 1.18. The second kappa shape index (κ2) is 14.6. The highest BCUT2D eigenvalue weighted by atomic mass is 32.2. The van der Waals surface area contributed by atoms with Gasteiger partial charge in [0.2, 0.25) is 0 Å². The van der Waals surface area contributed by atoms with Crippen molar-refractivity contribution in [3.8, 4) is 16.8 Å². The van der Waals surface area contributed by atoms with E-state index in [1.807, 2.05) is 11.8 Å². The molecular formula is C47H44N2S. The summed E-state index contributed by atoms with van der Waals surface area (Å²) in [6.45, 7) is 6.26. The van der Waals surface area contributed by atoms with Crippen molar-refractivity contribution in [1.29, 1.82) is 0 Å². The van der Waals surface area contributed by atoms with Crippen LogP contribution in [0.15, 0.2) is 143 Å². The smallest absolute Gasteiger partial charge is 0.0679 e. The quantitative estimate of drug-likeness (QED) is 0.148. The average molecular weight is 669 g/mol. The van der Waals surface area contributed by atoms with E-state index < -0.39 is 0 Å². The molecule has 1 aliphatic carbocycles. The Bertz CT molecular complexity index is 2310. The number of nitrogens with one attached hydrogen (secondary N) is 1. The van der Waals surface area contributed by atoms with E-state index in [1.165, 1.54) is 94.6 Å². The molecule has 6 aromatic carbocycles. The van der Waals surface area contributed by atoms with Crippen LogP contribution in [0.4, 0.5) is 0 Å². The lowest BCUT2D eigenvalue weighted by Gasteiger charge is -2.17. The van der Waals surface area contributed by atoms with Crippen LogP contribution in [0.25, 0.3) is 44.6 Å². The van der Waals surface area contributed by atoms with Crippen molar-refractivity contribution in [2.75, 3.05) is 0 Å². The predicted octanol–water partition coefficient (Wildman–Crippen LogP) is 12.5. The van der Waals surface area contributed by atoms with Gasteiger partial charge in [-0.1, -0.05) is 134 Å². The van der Waals surface area contributed by atoms with Crippen molar-refractivity contribution in [2.24, 2.45) is 0 Å². The highest BCUT2D eigenvalue weighted by Gasteiger charge is 2.23. The zero-order valence-corrected chi connectivity index (χ0v) is 29.9. The molecule has 0 amide bonds. The first-order valence-electron chi connectivity index (χ1n) is 18.1. The minimum absolute atomic E-state index is 0.839. The number of unbranched alkanes of at least 4 members (excludes halogenated alkanes) is 1. The number of hydrogen-bond donors (Lipinski definition) is 1. The fraction of sp³-hybridized carbons (Fsp3) is 0.191. The summed E-state index contributed by atoms with van der Waals surface area (Å²) in [7, 11) is 0. The third-order valence-electron chi connectivity index (χ3n) is 10.1. The molecule has 1 aliphatic rings. The molecule has 0 bridgehead atoms. The molecule has 0 fully saturated rings. The highest BCUT2D eigenvalue weighted by molar-refractivity contribution is 7.99. The second-order valence-corrected chi connectivity index (χ2v) is 14.6. The topological polar surface area (TPSA) is 17.0 Å². The van der Waals surface area contributed by atoms with Gasteiger partial charge < -0.3 is 9.88 Å². The van der Waals surface area contributed by atoms with Gasteiger partial charge >= 0.3 is 0 Å². The number of hydrogen-bond acceptors (Lipinski definition) is 2. The van der Waals surface area contributed by atoms with Crippen LogP contribution in [-0.2, 0) is 25.9 Å². The van der Waals surface area contributed by atoms with E-state index >= 15 is 0 Å². The lowest BCUT2D eigenvalue weighted by molar-refractivity contribution is 0.693. The van der Waals surface area contributed by atoms with Gasteiger partial charge in [0, 0.05) is 39.6 Å². The maximum Gasteiger partial charge on any atom is 0.0679 e. The van der Waals surface area contributed by atoms with Crippen LogP contribution in [0.2, 0.25) is 0 Å². The predicted molar refractivity (Wildman–Crippen MR) is 214 cm³/mol. The zero-order chi connectivity index (χ0) is 33.9. The summed E-state index contributed by atoms with van der Waals surface area (Å²) in [5, 5.41) is 7.61. The number of aryl methyl sites for hydroxylation is 3. The van der Waals surface area contributed by atoms with Crippen LogP contribution >= 0.6 is 11.8 Å². The first kappa shape index (κ1) is 32.4. The van der Waals surface area contributed by atoms with Crippen LogP contribution in [0.5, 0.6) is 0 Å². The maximum atomic E-state index is 3.61. The summed E-state index contributed by atoms with van der Waals surface area (Å²) in [4.78, 5) is 2.74. The van der Waals surface area contributed by atoms with Crippen LogP contribution in [0, 0.1) is 6.92 Å². The summed E-state index contributed by atoms with van der Waals surface area (Å²) in [6.07, 6.45) is 10.3. The zero-order valence-electron chi connectivity index (χ0n) is 29.1. The third-order valence-corrected chi connectivity index (χ3v) is 11.4. The van der Waals surface area contributed by atoms with Crippen molar-refractivity contribution in [3.05, 3.63) is 167 Å². The molecule has 248 valence electrons. The minimum atomic E-state index is 0.839. The molecule has 8 rings (SSSR count). The number of benzene rings is 6. The minimum Gasteiger partial charge on any atom is -0.309 e. The molecule has 0 unspecified atom stereocenters. The molecule has 0 saturated carbocycles. The molecule has 7 aromatic rings. The Hall–Kier alpha value is -4.83. The van der Waals surface area contributed by atoms with Gasteiger partial charge in [-0.2, -0.15) is 0 Å². The van der Waals surface area contributed by atoms with Crippen LogP contribution in [0.1, 0.15) is 59.7 Å². The SMILES string of the molecule is CCCCc1ccc2c3c(n(-c4ccc(-c5cccc(CNCc6ccccc6)c5)cc4)c2c1Sc1cc2ccccc2cc1C)C=CCC3. The fourth-order valence-electron chi connectivity index (χ4n) is 7.44. The number of rotatable bonds is 11. The van der Waals surface area contributed by atoms with Crippen LogP contribution in [-0.4, -0.2) is 4.57 Å². The van der Waals surface area contributed by atoms with Crippen LogP contribution < -0.4 is 5.32 Å². The molecule has 0 radical (unpaired) electrons. The van der Waals surface area contributed by atoms with Gasteiger partial charge in [0.05, 0.1) is 5.52 Å². The molecular weight excluding hydrogens is 625 g/mol. The van der Waals surface area contributed by atoms with E-state index in [9.17, 15) is 0 Å². The first-order valence-corrected chi connectivity index (χ1v) is 19.0.